The molecule has 0 atom stereocenters. The topological polar surface area (TPSA) is 79.9 Å². The maximum absolute atomic E-state index is 10.6. The van der Waals surface area contributed by atoms with Crippen molar-refractivity contribution in [2.24, 2.45) is 0 Å². The Hall–Kier alpha value is -2.27. The fourth-order valence-electron chi connectivity index (χ4n) is 1.41. The highest BCUT2D eigenvalue weighted by Gasteiger charge is 2.08. The van der Waals surface area contributed by atoms with Crippen LogP contribution in [0.15, 0.2) is 41.0 Å². The van der Waals surface area contributed by atoms with E-state index in [2.05, 4.69) is 0 Å². The number of aromatic carboxylic acids is 1. The number of carboxylic acid groups (broad SMARTS) is 1. The van der Waals surface area contributed by atoms with Gasteiger partial charge in [-0.05, 0) is 23.8 Å². The van der Waals surface area contributed by atoms with Crippen LogP contribution < -0.4 is 4.74 Å². The summed E-state index contributed by atoms with van der Waals surface area (Å²) in [6.07, 6.45) is 1.18. The van der Waals surface area contributed by atoms with Crippen LogP contribution in [0.5, 0.6) is 5.75 Å². The number of aliphatic hydroxyl groups excluding tert-OH is 1. The summed E-state index contributed by atoms with van der Waals surface area (Å²) < 4.78 is 10.5. The van der Waals surface area contributed by atoms with Gasteiger partial charge in [-0.25, -0.2) is 4.79 Å². The van der Waals surface area contributed by atoms with Gasteiger partial charge in [-0.3, -0.25) is 0 Å². The standard InChI is InChI=1S/C13H12O5/c14-6-9-1-3-11(4-2-9)18-8-12-5-10(7-17-12)13(15)16/h1-5,7,14H,6,8H2,(H,15,16). The molecule has 0 unspecified atom stereocenters. The lowest BCUT2D eigenvalue weighted by Crippen LogP contribution is -1.95. The Kier molecular flexibility index (Phi) is 3.64. The zero-order valence-corrected chi connectivity index (χ0v) is 9.50. The Morgan fingerprint density at radius 2 is 2.00 bits per heavy atom. The minimum atomic E-state index is -1.03. The Morgan fingerprint density at radius 3 is 2.56 bits per heavy atom. The van der Waals surface area contributed by atoms with Crippen LogP contribution in [0.2, 0.25) is 0 Å². The van der Waals surface area contributed by atoms with Crippen molar-refractivity contribution in [2.75, 3.05) is 0 Å². The molecule has 18 heavy (non-hydrogen) atoms. The van der Waals surface area contributed by atoms with Crippen molar-refractivity contribution in [1.82, 2.24) is 0 Å². The van der Waals surface area contributed by atoms with Gasteiger partial charge < -0.3 is 19.4 Å². The van der Waals surface area contributed by atoms with E-state index in [4.69, 9.17) is 19.4 Å². The van der Waals surface area contributed by atoms with Crippen molar-refractivity contribution in [3.05, 3.63) is 53.5 Å². The lowest BCUT2D eigenvalue weighted by Gasteiger charge is -2.04. The molecule has 0 radical (unpaired) electrons. The minimum absolute atomic E-state index is 0.0135. The zero-order chi connectivity index (χ0) is 13.0. The van der Waals surface area contributed by atoms with Crippen molar-refractivity contribution in [1.29, 1.82) is 0 Å². The molecule has 1 aromatic heterocycles. The van der Waals surface area contributed by atoms with Gasteiger partial charge in [0.2, 0.25) is 0 Å². The summed E-state index contributed by atoms with van der Waals surface area (Å²) in [6.45, 7) is 0.145. The number of rotatable bonds is 5. The van der Waals surface area contributed by atoms with Gasteiger partial charge in [0.25, 0.3) is 0 Å². The molecule has 0 fully saturated rings. The number of benzene rings is 1. The molecule has 0 amide bonds. The number of hydrogen-bond acceptors (Lipinski definition) is 4. The smallest absolute Gasteiger partial charge is 0.338 e. The van der Waals surface area contributed by atoms with Crippen molar-refractivity contribution in [3.63, 3.8) is 0 Å². The molecule has 2 aromatic rings. The highest BCUT2D eigenvalue weighted by molar-refractivity contribution is 5.87. The van der Waals surface area contributed by atoms with Gasteiger partial charge in [0.15, 0.2) is 0 Å². The minimum Gasteiger partial charge on any atom is -0.486 e. The number of carboxylic acids is 1. The van der Waals surface area contributed by atoms with E-state index in [-0.39, 0.29) is 18.8 Å². The van der Waals surface area contributed by atoms with Crippen molar-refractivity contribution in [3.8, 4) is 5.75 Å². The van der Waals surface area contributed by atoms with Crippen LogP contribution in [0.25, 0.3) is 0 Å². The number of furan rings is 1. The second-order valence-electron chi connectivity index (χ2n) is 3.70. The highest BCUT2D eigenvalue weighted by Crippen LogP contribution is 2.15. The monoisotopic (exact) mass is 248 g/mol. The molecule has 0 saturated heterocycles. The largest absolute Gasteiger partial charge is 0.486 e. The summed E-state index contributed by atoms with van der Waals surface area (Å²) in [4.78, 5) is 10.6. The van der Waals surface area contributed by atoms with Crippen LogP contribution >= 0.6 is 0 Å². The van der Waals surface area contributed by atoms with Gasteiger partial charge >= 0.3 is 5.97 Å². The lowest BCUT2D eigenvalue weighted by atomic mass is 10.2. The molecule has 2 rings (SSSR count). The number of hydrogen-bond donors (Lipinski definition) is 2. The van der Waals surface area contributed by atoms with E-state index in [1.54, 1.807) is 24.3 Å². The number of aliphatic hydroxyl groups is 1. The van der Waals surface area contributed by atoms with E-state index >= 15 is 0 Å². The lowest BCUT2D eigenvalue weighted by molar-refractivity contribution is 0.0696. The van der Waals surface area contributed by atoms with Gasteiger partial charge in [0.1, 0.15) is 24.4 Å². The Morgan fingerprint density at radius 1 is 1.28 bits per heavy atom. The van der Waals surface area contributed by atoms with Crippen LogP contribution in [0.1, 0.15) is 21.7 Å². The van der Waals surface area contributed by atoms with E-state index in [1.807, 2.05) is 0 Å². The summed E-state index contributed by atoms with van der Waals surface area (Å²) in [7, 11) is 0. The highest BCUT2D eigenvalue weighted by atomic mass is 16.5. The first kappa shape index (κ1) is 12.2. The zero-order valence-electron chi connectivity index (χ0n) is 9.50. The van der Waals surface area contributed by atoms with Gasteiger partial charge in [-0.15, -0.1) is 0 Å². The molecule has 94 valence electrons. The Balaban J connectivity index is 1.95. The van der Waals surface area contributed by atoms with Gasteiger partial charge in [-0.1, -0.05) is 12.1 Å². The van der Waals surface area contributed by atoms with Crippen molar-refractivity contribution >= 4 is 5.97 Å². The summed E-state index contributed by atoms with van der Waals surface area (Å²) in [5.74, 6) is 0.0383. The first-order valence-electron chi connectivity index (χ1n) is 5.32. The molecule has 0 aliphatic heterocycles. The van der Waals surface area contributed by atoms with Crippen LogP contribution in [0, 0.1) is 0 Å². The fraction of sp³-hybridized carbons (Fsp3) is 0.154. The van der Waals surface area contributed by atoms with Crippen LogP contribution in [0.3, 0.4) is 0 Å². The van der Waals surface area contributed by atoms with Crippen LogP contribution in [0.4, 0.5) is 0 Å². The molecular formula is C13H12O5. The maximum atomic E-state index is 10.6. The van der Waals surface area contributed by atoms with Crippen molar-refractivity contribution < 1.29 is 24.2 Å². The van der Waals surface area contributed by atoms with E-state index < -0.39 is 5.97 Å². The number of carbonyl (C=O) groups is 1. The van der Waals surface area contributed by atoms with Gasteiger partial charge in [0.05, 0.1) is 12.2 Å². The summed E-state index contributed by atoms with van der Waals surface area (Å²) in [5.41, 5.74) is 0.901. The van der Waals surface area contributed by atoms with Crippen molar-refractivity contribution in [2.45, 2.75) is 13.2 Å². The third-order valence-electron chi connectivity index (χ3n) is 2.39. The maximum Gasteiger partial charge on any atom is 0.338 e. The van der Waals surface area contributed by atoms with E-state index in [9.17, 15) is 4.79 Å². The molecular weight excluding hydrogens is 236 g/mol. The fourth-order valence-corrected chi connectivity index (χ4v) is 1.41. The molecule has 5 heteroatoms. The average Bonchev–Trinajstić information content (AvgIpc) is 2.86. The molecule has 0 bridgehead atoms. The molecule has 0 aliphatic rings. The second-order valence-corrected chi connectivity index (χ2v) is 3.70. The second kappa shape index (κ2) is 5.37. The number of ether oxygens (including phenoxy) is 1. The Bertz CT molecular complexity index is 527. The molecule has 0 spiro atoms. The van der Waals surface area contributed by atoms with E-state index in [1.165, 1.54) is 12.3 Å². The first-order valence-corrected chi connectivity index (χ1v) is 5.32. The molecule has 1 heterocycles. The van der Waals surface area contributed by atoms with E-state index in [0.29, 0.717) is 11.5 Å². The quantitative estimate of drug-likeness (QED) is 0.846. The third-order valence-corrected chi connectivity index (χ3v) is 2.39. The predicted molar refractivity (Wildman–Crippen MR) is 62.4 cm³/mol. The first-order chi connectivity index (χ1) is 8.69. The van der Waals surface area contributed by atoms with Gasteiger partial charge in [-0.2, -0.15) is 0 Å². The summed E-state index contributed by atoms with van der Waals surface area (Å²) in [5, 5.41) is 17.6. The molecule has 2 N–H and O–H groups in total. The summed E-state index contributed by atoms with van der Waals surface area (Å²) >= 11 is 0. The molecule has 0 aliphatic carbocycles. The molecule has 5 nitrogen and oxygen atoms in total. The van der Waals surface area contributed by atoms with Crippen LogP contribution in [-0.2, 0) is 13.2 Å². The van der Waals surface area contributed by atoms with Crippen LogP contribution in [-0.4, -0.2) is 16.2 Å². The molecule has 1 aromatic carbocycles. The Labute approximate surface area is 103 Å². The summed E-state index contributed by atoms with van der Waals surface area (Å²) in [6, 6.07) is 8.38. The normalized spacial score (nSPS) is 10.3. The van der Waals surface area contributed by atoms with Gasteiger partial charge in [0, 0.05) is 0 Å². The SMILES string of the molecule is O=C(O)c1coc(COc2ccc(CO)cc2)c1. The molecule has 0 saturated carbocycles. The third kappa shape index (κ3) is 2.89. The predicted octanol–water partition coefficient (Wildman–Crippen LogP) is 2.05. The van der Waals surface area contributed by atoms with E-state index in [0.717, 1.165) is 5.56 Å². The average molecular weight is 248 g/mol.